The van der Waals surface area contributed by atoms with E-state index in [2.05, 4.69) is 4.57 Å². The van der Waals surface area contributed by atoms with Crippen LogP contribution in [0, 0.1) is 6.92 Å². The van der Waals surface area contributed by atoms with Gasteiger partial charge in [-0.3, -0.25) is 4.55 Å². The van der Waals surface area contributed by atoms with Gasteiger partial charge in [0.15, 0.2) is 11.8 Å². The van der Waals surface area contributed by atoms with Crippen LogP contribution >= 0.6 is 11.3 Å². The van der Waals surface area contributed by atoms with Gasteiger partial charge in [-0.25, -0.2) is 0 Å². The lowest BCUT2D eigenvalue weighted by atomic mass is 10.1. The van der Waals surface area contributed by atoms with Gasteiger partial charge in [-0.1, -0.05) is 41.7 Å². The topological polar surface area (TPSA) is 78.5 Å². The van der Waals surface area contributed by atoms with E-state index in [1.807, 2.05) is 44.2 Å². The Morgan fingerprint density at radius 2 is 1.91 bits per heavy atom. The van der Waals surface area contributed by atoms with E-state index in [0.29, 0.717) is 12.8 Å². The molecule has 0 bridgehead atoms. The molecule has 0 amide bonds. The van der Waals surface area contributed by atoms with Gasteiger partial charge < -0.3 is 5.11 Å². The summed E-state index contributed by atoms with van der Waals surface area (Å²) in [5, 5.41) is 11.5. The Morgan fingerprint density at radius 1 is 1.26 bits per heavy atom. The lowest BCUT2D eigenvalue weighted by Gasteiger charge is -2.06. The van der Waals surface area contributed by atoms with Crippen molar-refractivity contribution in [2.24, 2.45) is 0 Å². The number of hydrogen-bond acceptors (Lipinski definition) is 4. The maximum Gasteiger partial charge on any atom is 0.271 e. The SMILES string of the molecule is CC[n+]1c(C(O)c2ccccc2)sc(CCCS(=O)(=O)O)c1C. The van der Waals surface area contributed by atoms with Crippen molar-refractivity contribution in [1.82, 2.24) is 0 Å². The Labute approximate surface area is 141 Å². The highest BCUT2D eigenvalue weighted by molar-refractivity contribution is 7.85. The highest BCUT2D eigenvalue weighted by atomic mass is 32.2. The van der Waals surface area contributed by atoms with Gasteiger partial charge in [-0.05, 0) is 25.3 Å². The van der Waals surface area contributed by atoms with Gasteiger partial charge in [0.05, 0.1) is 10.6 Å². The van der Waals surface area contributed by atoms with E-state index in [9.17, 15) is 13.5 Å². The summed E-state index contributed by atoms with van der Waals surface area (Å²) in [5.74, 6) is -0.243. The smallest absolute Gasteiger partial charge is 0.271 e. The number of aromatic nitrogens is 1. The predicted molar refractivity (Wildman–Crippen MR) is 90.2 cm³/mol. The molecule has 0 saturated heterocycles. The van der Waals surface area contributed by atoms with Crippen LogP contribution in [0.25, 0.3) is 0 Å². The van der Waals surface area contributed by atoms with Gasteiger partial charge in [0, 0.05) is 6.92 Å². The number of benzene rings is 1. The first-order valence-corrected chi connectivity index (χ1v) is 9.96. The molecule has 1 aromatic carbocycles. The lowest BCUT2D eigenvalue weighted by molar-refractivity contribution is -0.704. The monoisotopic (exact) mass is 356 g/mol. The average molecular weight is 356 g/mol. The minimum Gasteiger partial charge on any atom is -0.377 e. The van der Waals surface area contributed by atoms with E-state index in [-0.39, 0.29) is 5.75 Å². The third-order valence-electron chi connectivity index (χ3n) is 3.77. The summed E-state index contributed by atoms with van der Waals surface area (Å²) in [4.78, 5) is 1.04. The van der Waals surface area contributed by atoms with Crippen molar-refractivity contribution < 1.29 is 22.6 Å². The molecule has 0 spiro atoms. The van der Waals surface area contributed by atoms with Gasteiger partial charge in [0.1, 0.15) is 6.54 Å². The maximum absolute atomic E-state index is 10.8. The van der Waals surface area contributed by atoms with Crippen LogP contribution in [0.15, 0.2) is 30.3 Å². The molecule has 1 heterocycles. The number of aliphatic hydroxyl groups is 1. The third kappa shape index (κ3) is 4.60. The van der Waals surface area contributed by atoms with Crippen molar-refractivity contribution in [2.75, 3.05) is 5.75 Å². The van der Waals surface area contributed by atoms with Crippen LogP contribution < -0.4 is 4.57 Å². The second-order valence-electron chi connectivity index (χ2n) is 5.40. The van der Waals surface area contributed by atoms with Gasteiger partial charge in [0.25, 0.3) is 15.1 Å². The minimum atomic E-state index is -3.93. The van der Waals surface area contributed by atoms with E-state index >= 15 is 0 Å². The summed E-state index contributed by atoms with van der Waals surface area (Å²) in [5.41, 5.74) is 1.87. The highest BCUT2D eigenvalue weighted by Crippen LogP contribution is 2.27. The van der Waals surface area contributed by atoms with Gasteiger partial charge >= 0.3 is 0 Å². The molecular weight excluding hydrogens is 334 g/mol. The lowest BCUT2D eigenvalue weighted by Crippen LogP contribution is -2.39. The summed E-state index contributed by atoms with van der Waals surface area (Å²) in [6, 6.07) is 9.46. The molecule has 126 valence electrons. The van der Waals surface area contributed by atoms with E-state index in [4.69, 9.17) is 4.55 Å². The Balaban J connectivity index is 2.25. The fourth-order valence-electron chi connectivity index (χ4n) is 2.59. The number of aryl methyl sites for hydroxylation is 1. The molecule has 0 fully saturated rings. The van der Waals surface area contributed by atoms with Gasteiger partial charge in [-0.15, -0.1) is 0 Å². The Kier molecular flexibility index (Phi) is 5.91. The van der Waals surface area contributed by atoms with Crippen molar-refractivity contribution in [3.63, 3.8) is 0 Å². The molecule has 0 aliphatic heterocycles. The van der Waals surface area contributed by atoms with E-state index in [1.54, 1.807) is 0 Å². The van der Waals surface area contributed by atoms with Gasteiger partial charge in [-0.2, -0.15) is 13.0 Å². The van der Waals surface area contributed by atoms with Crippen molar-refractivity contribution in [2.45, 2.75) is 39.3 Å². The number of aliphatic hydroxyl groups excluding tert-OH is 1. The molecule has 0 aliphatic rings. The van der Waals surface area contributed by atoms with Crippen molar-refractivity contribution in [1.29, 1.82) is 0 Å². The summed E-state index contributed by atoms with van der Waals surface area (Å²) in [6.45, 7) is 4.73. The second-order valence-corrected chi connectivity index (χ2v) is 8.08. The molecule has 1 aromatic heterocycles. The normalized spacial score (nSPS) is 13.2. The first-order valence-electron chi connectivity index (χ1n) is 7.53. The Hall–Kier alpha value is -1.28. The zero-order chi connectivity index (χ0) is 17.0. The summed E-state index contributed by atoms with van der Waals surface area (Å²) >= 11 is 1.50. The number of rotatable bonds is 7. The molecule has 0 aliphatic carbocycles. The van der Waals surface area contributed by atoms with Crippen LogP contribution in [-0.2, 0) is 23.1 Å². The second kappa shape index (κ2) is 7.53. The largest absolute Gasteiger partial charge is 0.377 e. The fourth-order valence-corrected chi connectivity index (χ4v) is 4.48. The molecule has 0 radical (unpaired) electrons. The molecule has 2 aromatic rings. The molecule has 0 saturated carbocycles. The Morgan fingerprint density at radius 3 is 2.48 bits per heavy atom. The molecule has 7 heteroatoms. The van der Waals surface area contributed by atoms with E-state index in [1.165, 1.54) is 11.3 Å². The van der Waals surface area contributed by atoms with Crippen LogP contribution in [0.1, 0.15) is 40.6 Å². The zero-order valence-electron chi connectivity index (χ0n) is 13.3. The van der Waals surface area contributed by atoms with Crippen molar-refractivity contribution >= 4 is 21.5 Å². The Bertz CT molecular complexity index is 754. The number of thiazole rings is 1. The highest BCUT2D eigenvalue weighted by Gasteiger charge is 2.28. The first kappa shape index (κ1) is 18.1. The molecule has 1 atom stereocenters. The molecule has 5 nitrogen and oxygen atoms in total. The maximum atomic E-state index is 10.8. The van der Waals surface area contributed by atoms with Crippen LogP contribution in [0.5, 0.6) is 0 Å². The summed E-state index contributed by atoms with van der Waals surface area (Å²) in [6.07, 6.45) is 0.234. The fraction of sp³-hybridized carbons (Fsp3) is 0.438. The molecule has 2 rings (SSSR count). The molecule has 2 N–H and O–H groups in total. The molecule has 23 heavy (non-hydrogen) atoms. The standard InChI is InChI=1S/C16H21NO4S2/c1-3-17-12(2)14(10-7-11-23(19,20)21)22-16(17)15(18)13-8-5-4-6-9-13/h4-6,8-9,15,18H,3,7,10-11H2,1-2H3/p+1. The van der Waals surface area contributed by atoms with Crippen molar-refractivity contribution in [3.8, 4) is 0 Å². The number of hydrogen-bond donors (Lipinski definition) is 2. The van der Waals surface area contributed by atoms with Crippen LogP contribution in [0.3, 0.4) is 0 Å². The zero-order valence-corrected chi connectivity index (χ0v) is 14.9. The van der Waals surface area contributed by atoms with Crippen LogP contribution in [-0.4, -0.2) is 23.8 Å². The summed E-state index contributed by atoms with van der Waals surface area (Å²) in [7, 11) is -3.93. The minimum absolute atomic E-state index is 0.243. The average Bonchev–Trinajstić information content (AvgIpc) is 2.82. The molecular formula is C16H22NO4S2+. The van der Waals surface area contributed by atoms with Crippen LogP contribution in [0.4, 0.5) is 0 Å². The van der Waals surface area contributed by atoms with Crippen molar-refractivity contribution in [3.05, 3.63) is 51.5 Å². The van der Waals surface area contributed by atoms with E-state index < -0.39 is 16.2 Å². The predicted octanol–water partition coefficient (Wildman–Crippen LogP) is 2.27. The van der Waals surface area contributed by atoms with Gasteiger partial charge in [0.2, 0.25) is 0 Å². The quantitative estimate of drug-likeness (QED) is 0.589. The molecule has 1 unspecified atom stereocenters. The van der Waals surface area contributed by atoms with E-state index in [0.717, 1.165) is 27.7 Å². The van der Waals surface area contributed by atoms with Crippen LogP contribution in [0.2, 0.25) is 0 Å². The third-order valence-corrected chi connectivity index (χ3v) is 5.98. The number of nitrogens with zero attached hydrogens (tertiary/aromatic N) is 1. The summed E-state index contributed by atoms with van der Waals surface area (Å²) < 4.78 is 32.6. The first-order chi connectivity index (χ1) is 10.8.